The molecule has 0 bridgehead atoms. The van der Waals surface area contributed by atoms with Gasteiger partial charge in [0.1, 0.15) is 0 Å². The van der Waals surface area contributed by atoms with Gasteiger partial charge in [0, 0.05) is 12.6 Å². The van der Waals surface area contributed by atoms with Gasteiger partial charge in [-0.2, -0.15) is 0 Å². The second-order valence-electron chi connectivity index (χ2n) is 5.57. The van der Waals surface area contributed by atoms with Crippen molar-refractivity contribution in [2.45, 2.75) is 46.1 Å². The molecule has 1 atom stereocenters. The monoisotopic (exact) mass is 263 g/mol. The van der Waals surface area contributed by atoms with E-state index in [0.29, 0.717) is 18.8 Å². The number of rotatable bonds is 7. The van der Waals surface area contributed by atoms with Crippen molar-refractivity contribution >= 4 is 5.91 Å². The number of aliphatic hydroxyl groups is 1. The highest BCUT2D eigenvalue weighted by Crippen LogP contribution is 2.10. The molecular weight excluding hydrogens is 238 g/mol. The Morgan fingerprint density at radius 3 is 2.26 bits per heavy atom. The molecule has 0 unspecified atom stereocenters. The minimum atomic E-state index is 0.0116. The summed E-state index contributed by atoms with van der Waals surface area (Å²) in [5, 5.41) is 11.7. The molecule has 0 fully saturated rings. The fourth-order valence-electron chi connectivity index (χ4n) is 2.04. The number of aliphatic hydroxyl groups excluding tert-OH is 1. The number of carbonyl (C=O) groups excluding carboxylic acids is 1. The molecular formula is C16H25NO2. The van der Waals surface area contributed by atoms with Crippen LogP contribution in [0.15, 0.2) is 24.3 Å². The summed E-state index contributed by atoms with van der Waals surface area (Å²) in [5.74, 6) is 0.658. The summed E-state index contributed by atoms with van der Waals surface area (Å²) >= 11 is 0. The molecule has 19 heavy (non-hydrogen) atoms. The van der Waals surface area contributed by atoms with E-state index in [1.54, 1.807) is 0 Å². The van der Waals surface area contributed by atoms with Crippen molar-refractivity contribution < 1.29 is 9.90 Å². The van der Waals surface area contributed by atoms with Crippen molar-refractivity contribution in [2.24, 2.45) is 5.92 Å². The predicted octanol–water partition coefficient (Wildman–Crippen LogP) is 2.31. The SMILES string of the molecule is CC(C)Cc1ccc(CC(=O)N[C@H](C)CCO)cc1. The molecule has 1 rings (SSSR count). The van der Waals surface area contributed by atoms with E-state index in [1.165, 1.54) is 5.56 Å². The Labute approximate surface area is 116 Å². The van der Waals surface area contributed by atoms with E-state index in [-0.39, 0.29) is 18.6 Å². The lowest BCUT2D eigenvalue weighted by Gasteiger charge is -2.12. The van der Waals surface area contributed by atoms with Crippen LogP contribution in [0.5, 0.6) is 0 Å². The van der Waals surface area contributed by atoms with E-state index in [2.05, 4.69) is 31.3 Å². The zero-order chi connectivity index (χ0) is 14.3. The Morgan fingerprint density at radius 2 is 1.74 bits per heavy atom. The number of amides is 1. The molecule has 0 aliphatic rings. The van der Waals surface area contributed by atoms with Crippen molar-refractivity contribution in [3.05, 3.63) is 35.4 Å². The minimum absolute atomic E-state index is 0.0116. The van der Waals surface area contributed by atoms with Gasteiger partial charge in [-0.15, -0.1) is 0 Å². The second-order valence-corrected chi connectivity index (χ2v) is 5.57. The highest BCUT2D eigenvalue weighted by molar-refractivity contribution is 5.78. The number of hydrogen-bond acceptors (Lipinski definition) is 2. The van der Waals surface area contributed by atoms with Crippen molar-refractivity contribution in [3.63, 3.8) is 0 Å². The predicted molar refractivity (Wildman–Crippen MR) is 78.0 cm³/mol. The van der Waals surface area contributed by atoms with Crippen molar-refractivity contribution in [1.29, 1.82) is 0 Å². The van der Waals surface area contributed by atoms with Crippen LogP contribution in [0.3, 0.4) is 0 Å². The standard InChI is InChI=1S/C16H25NO2/c1-12(2)10-14-4-6-15(7-5-14)11-16(19)17-13(3)8-9-18/h4-7,12-13,18H,8-11H2,1-3H3,(H,17,19)/t13-/m1/s1. The normalized spacial score (nSPS) is 12.5. The van der Waals surface area contributed by atoms with Crippen molar-refractivity contribution in [1.82, 2.24) is 5.32 Å². The van der Waals surface area contributed by atoms with Gasteiger partial charge >= 0.3 is 0 Å². The summed E-state index contributed by atoms with van der Waals surface area (Å²) in [6.07, 6.45) is 2.07. The average Bonchev–Trinajstić information content (AvgIpc) is 2.31. The van der Waals surface area contributed by atoms with Crippen LogP contribution in [-0.2, 0) is 17.6 Å². The number of hydrogen-bond donors (Lipinski definition) is 2. The molecule has 0 heterocycles. The Balaban J connectivity index is 2.46. The van der Waals surface area contributed by atoms with Gasteiger partial charge in [-0.3, -0.25) is 4.79 Å². The van der Waals surface area contributed by atoms with Crippen LogP contribution in [0.25, 0.3) is 0 Å². The van der Waals surface area contributed by atoms with Gasteiger partial charge < -0.3 is 10.4 Å². The van der Waals surface area contributed by atoms with Gasteiger partial charge in [-0.25, -0.2) is 0 Å². The third-order valence-corrected chi connectivity index (χ3v) is 3.00. The van der Waals surface area contributed by atoms with Crippen LogP contribution >= 0.6 is 0 Å². The maximum atomic E-state index is 11.8. The molecule has 3 heteroatoms. The second kappa shape index (κ2) is 7.95. The van der Waals surface area contributed by atoms with Gasteiger partial charge in [0.15, 0.2) is 0 Å². The van der Waals surface area contributed by atoms with Crippen molar-refractivity contribution in [3.8, 4) is 0 Å². The molecule has 1 amide bonds. The zero-order valence-electron chi connectivity index (χ0n) is 12.1. The van der Waals surface area contributed by atoms with Gasteiger partial charge in [-0.1, -0.05) is 38.1 Å². The number of benzene rings is 1. The van der Waals surface area contributed by atoms with Crippen LogP contribution in [0, 0.1) is 5.92 Å². The number of carbonyl (C=O) groups is 1. The summed E-state index contributed by atoms with van der Waals surface area (Å²) < 4.78 is 0. The lowest BCUT2D eigenvalue weighted by molar-refractivity contribution is -0.121. The van der Waals surface area contributed by atoms with Gasteiger partial charge in [0.2, 0.25) is 5.91 Å². The van der Waals surface area contributed by atoms with Gasteiger partial charge in [0.25, 0.3) is 0 Å². The molecule has 0 spiro atoms. The minimum Gasteiger partial charge on any atom is -0.396 e. The Morgan fingerprint density at radius 1 is 1.16 bits per heavy atom. The van der Waals surface area contributed by atoms with Crippen LogP contribution in [0.4, 0.5) is 0 Å². The summed E-state index contributed by atoms with van der Waals surface area (Å²) in [5.41, 5.74) is 2.34. The third kappa shape index (κ3) is 6.39. The molecule has 2 N–H and O–H groups in total. The molecule has 0 aromatic heterocycles. The van der Waals surface area contributed by atoms with E-state index in [9.17, 15) is 4.79 Å². The summed E-state index contributed by atoms with van der Waals surface area (Å²) in [4.78, 5) is 11.8. The first-order valence-corrected chi connectivity index (χ1v) is 6.99. The van der Waals surface area contributed by atoms with Crippen LogP contribution in [-0.4, -0.2) is 23.7 Å². The van der Waals surface area contributed by atoms with Crippen molar-refractivity contribution in [2.75, 3.05) is 6.61 Å². The largest absolute Gasteiger partial charge is 0.396 e. The fraction of sp³-hybridized carbons (Fsp3) is 0.562. The Kier molecular flexibility index (Phi) is 6.57. The molecule has 0 aliphatic heterocycles. The zero-order valence-corrected chi connectivity index (χ0v) is 12.1. The number of nitrogens with one attached hydrogen (secondary N) is 1. The lowest BCUT2D eigenvalue weighted by atomic mass is 10.0. The topological polar surface area (TPSA) is 49.3 Å². The smallest absolute Gasteiger partial charge is 0.224 e. The summed E-state index contributed by atoms with van der Waals surface area (Å²) in [6, 6.07) is 8.26. The maximum Gasteiger partial charge on any atom is 0.224 e. The van der Waals surface area contributed by atoms with E-state index >= 15 is 0 Å². The molecule has 1 aromatic carbocycles. The molecule has 0 saturated carbocycles. The Bertz CT molecular complexity index is 384. The summed E-state index contributed by atoms with van der Waals surface area (Å²) in [7, 11) is 0. The molecule has 1 aromatic rings. The third-order valence-electron chi connectivity index (χ3n) is 3.00. The van der Waals surface area contributed by atoms with E-state index < -0.39 is 0 Å². The highest BCUT2D eigenvalue weighted by Gasteiger charge is 2.07. The van der Waals surface area contributed by atoms with Crippen LogP contribution in [0.1, 0.15) is 38.3 Å². The molecule has 106 valence electrons. The first-order chi connectivity index (χ1) is 9.01. The fourth-order valence-corrected chi connectivity index (χ4v) is 2.04. The molecule has 0 aliphatic carbocycles. The summed E-state index contributed by atoms with van der Waals surface area (Å²) in [6.45, 7) is 6.40. The Hall–Kier alpha value is -1.35. The van der Waals surface area contributed by atoms with Crippen LogP contribution in [0.2, 0.25) is 0 Å². The first-order valence-electron chi connectivity index (χ1n) is 6.99. The maximum absolute atomic E-state index is 11.8. The average molecular weight is 263 g/mol. The molecule has 3 nitrogen and oxygen atoms in total. The molecule has 0 saturated heterocycles. The molecule has 0 radical (unpaired) electrons. The van der Waals surface area contributed by atoms with E-state index in [4.69, 9.17) is 5.11 Å². The highest BCUT2D eigenvalue weighted by atomic mass is 16.3. The van der Waals surface area contributed by atoms with E-state index in [1.807, 2.05) is 19.1 Å². The van der Waals surface area contributed by atoms with Gasteiger partial charge in [0.05, 0.1) is 6.42 Å². The first kappa shape index (κ1) is 15.7. The van der Waals surface area contributed by atoms with Crippen LogP contribution < -0.4 is 5.32 Å². The quantitative estimate of drug-likeness (QED) is 0.793. The van der Waals surface area contributed by atoms with Gasteiger partial charge in [-0.05, 0) is 36.8 Å². The van der Waals surface area contributed by atoms with E-state index in [0.717, 1.165) is 12.0 Å². The lowest BCUT2D eigenvalue weighted by Crippen LogP contribution is -2.34.